The zero-order chi connectivity index (χ0) is 13.5. The van der Waals surface area contributed by atoms with Crippen LogP contribution in [-0.2, 0) is 4.74 Å². The maximum Gasteiger partial charge on any atom is 0.0766 e. The summed E-state index contributed by atoms with van der Waals surface area (Å²) in [5.74, 6) is 7.89. The monoisotopic (exact) mass is 256 g/mol. The molecule has 0 aromatic carbocycles. The van der Waals surface area contributed by atoms with E-state index in [1.807, 2.05) is 0 Å². The van der Waals surface area contributed by atoms with Gasteiger partial charge in [0, 0.05) is 6.61 Å². The highest BCUT2D eigenvalue weighted by molar-refractivity contribution is 4.88. The highest BCUT2D eigenvalue weighted by Gasteiger charge is 2.34. The number of rotatable bonds is 7. The first kappa shape index (κ1) is 15.9. The summed E-state index contributed by atoms with van der Waals surface area (Å²) in [6, 6.07) is 0.305. The van der Waals surface area contributed by atoms with Gasteiger partial charge in [-0.05, 0) is 37.5 Å². The Labute approximate surface area is 113 Å². The van der Waals surface area contributed by atoms with E-state index in [9.17, 15) is 0 Å². The molecule has 1 aliphatic carbocycles. The van der Waals surface area contributed by atoms with Crippen LogP contribution in [0.15, 0.2) is 0 Å². The maximum absolute atomic E-state index is 5.94. The minimum atomic E-state index is 0.237. The predicted molar refractivity (Wildman–Crippen MR) is 77.1 cm³/mol. The summed E-state index contributed by atoms with van der Waals surface area (Å²) in [7, 11) is 0. The Bertz CT molecular complexity index is 221. The Morgan fingerprint density at radius 3 is 2.50 bits per heavy atom. The van der Waals surface area contributed by atoms with Crippen molar-refractivity contribution in [3.63, 3.8) is 0 Å². The van der Waals surface area contributed by atoms with Gasteiger partial charge in [-0.3, -0.25) is 11.3 Å². The molecule has 1 rings (SSSR count). The quantitative estimate of drug-likeness (QED) is 0.543. The van der Waals surface area contributed by atoms with Crippen LogP contribution in [0.2, 0.25) is 0 Å². The molecule has 0 aromatic heterocycles. The molecule has 0 aromatic rings. The molecule has 1 saturated carbocycles. The van der Waals surface area contributed by atoms with E-state index in [1.54, 1.807) is 0 Å². The molecular formula is C15H32N2O. The maximum atomic E-state index is 5.94. The molecule has 3 N–H and O–H groups in total. The van der Waals surface area contributed by atoms with Crippen LogP contribution < -0.4 is 11.3 Å². The van der Waals surface area contributed by atoms with E-state index < -0.39 is 0 Å². The number of hydrogen-bond acceptors (Lipinski definition) is 3. The Kier molecular flexibility index (Phi) is 7.20. The second kappa shape index (κ2) is 8.13. The first-order valence-electron chi connectivity index (χ1n) is 7.71. The minimum Gasteiger partial charge on any atom is -0.377 e. The van der Waals surface area contributed by atoms with E-state index in [2.05, 4.69) is 33.1 Å². The topological polar surface area (TPSA) is 47.3 Å². The van der Waals surface area contributed by atoms with E-state index in [-0.39, 0.29) is 6.10 Å². The standard InChI is InChI=1S/C15H32N2O/c1-5-12-8-7-9-13(10-12)14(17-16)15(11(3)4)18-6-2/h11-15,17H,5-10,16H2,1-4H3. The van der Waals surface area contributed by atoms with Gasteiger partial charge in [0.15, 0.2) is 0 Å². The van der Waals surface area contributed by atoms with Crippen molar-refractivity contribution in [1.29, 1.82) is 0 Å². The molecule has 0 saturated heterocycles. The second-order valence-corrected chi connectivity index (χ2v) is 6.06. The third-order valence-corrected chi connectivity index (χ3v) is 4.47. The van der Waals surface area contributed by atoms with Crippen LogP contribution in [0.3, 0.4) is 0 Å². The van der Waals surface area contributed by atoms with Gasteiger partial charge in [0.2, 0.25) is 0 Å². The van der Waals surface area contributed by atoms with Crippen molar-refractivity contribution < 1.29 is 4.74 Å². The number of hydrazine groups is 1. The summed E-state index contributed by atoms with van der Waals surface area (Å²) < 4.78 is 5.94. The fourth-order valence-electron chi connectivity index (χ4n) is 3.43. The second-order valence-electron chi connectivity index (χ2n) is 6.06. The zero-order valence-electron chi connectivity index (χ0n) is 12.6. The van der Waals surface area contributed by atoms with Crippen molar-refractivity contribution in [2.24, 2.45) is 23.6 Å². The van der Waals surface area contributed by atoms with Gasteiger partial charge in [-0.2, -0.15) is 0 Å². The van der Waals surface area contributed by atoms with Gasteiger partial charge in [0.05, 0.1) is 12.1 Å². The van der Waals surface area contributed by atoms with Gasteiger partial charge in [-0.25, -0.2) is 0 Å². The van der Waals surface area contributed by atoms with E-state index in [0.717, 1.165) is 12.5 Å². The Hall–Kier alpha value is -0.120. The first-order chi connectivity index (χ1) is 8.63. The van der Waals surface area contributed by atoms with Crippen molar-refractivity contribution in [2.45, 2.75) is 71.9 Å². The first-order valence-corrected chi connectivity index (χ1v) is 7.71. The third-order valence-electron chi connectivity index (χ3n) is 4.47. The van der Waals surface area contributed by atoms with Crippen molar-refractivity contribution in [2.75, 3.05) is 6.61 Å². The molecule has 108 valence electrons. The van der Waals surface area contributed by atoms with Crippen LogP contribution >= 0.6 is 0 Å². The molecule has 1 aliphatic rings. The lowest BCUT2D eigenvalue weighted by molar-refractivity contribution is -0.0201. The highest BCUT2D eigenvalue weighted by atomic mass is 16.5. The van der Waals surface area contributed by atoms with Crippen LogP contribution in [0.25, 0.3) is 0 Å². The van der Waals surface area contributed by atoms with Gasteiger partial charge in [-0.15, -0.1) is 0 Å². The molecule has 4 atom stereocenters. The summed E-state index contributed by atoms with van der Waals surface area (Å²) in [5, 5.41) is 0. The molecule has 0 radical (unpaired) electrons. The van der Waals surface area contributed by atoms with Gasteiger partial charge < -0.3 is 4.74 Å². The molecule has 0 heterocycles. The summed E-state index contributed by atoms with van der Waals surface area (Å²) in [4.78, 5) is 0. The fraction of sp³-hybridized carbons (Fsp3) is 1.00. The highest BCUT2D eigenvalue weighted by Crippen LogP contribution is 2.35. The van der Waals surface area contributed by atoms with Crippen molar-refractivity contribution in [1.82, 2.24) is 5.43 Å². The SMILES string of the molecule is CCOC(C(C)C)C(NN)C1CCCC(CC)C1. The number of nitrogens with one attached hydrogen (secondary N) is 1. The molecule has 0 bridgehead atoms. The smallest absolute Gasteiger partial charge is 0.0766 e. The largest absolute Gasteiger partial charge is 0.377 e. The molecule has 18 heavy (non-hydrogen) atoms. The lowest BCUT2D eigenvalue weighted by atomic mass is 9.74. The molecule has 3 nitrogen and oxygen atoms in total. The molecule has 4 unspecified atom stereocenters. The van der Waals surface area contributed by atoms with Crippen LogP contribution in [0.5, 0.6) is 0 Å². The lowest BCUT2D eigenvalue weighted by Crippen LogP contribution is -2.52. The van der Waals surface area contributed by atoms with Crippen molar-refractivity contribution in [3.8, 4) is 0 Å². The average molecular weight is 256 g/mol. The predicted octanol–water partition coefficient (Wildman–Crippen LogP) is 3.10. The third kappa shape index (κ3) is 4.22. The molecule has 0 spiro atoms. The van der Waals surface area contributed by atoms with Crippen molar-refractivity contribution >= 4 is 0 Å². The Morgan fingerprint density at radius 1 is 1.28 bits per heavy atom. The van der Waals surface area contributed by atoms with E-state index in [4.69, 9.17) is 10.6 Å². The van der Waals surface area contributed by atoms with Crippen LogP contribution in [-0.4, -0.2) is 18.8 Å². The zero-order valence-corrected chi connectivity index (χ0v) is 12.6. The van der Waals surface area contributed by atoms with Crippen LogP contribution in [0.1, 0.15) is 59.8 Å². The summed E-state index contributed by atoms with van der Waals surface area (Å²) in [6.45, 7) is 9.60. The van der Waals surface area contributed by atoms with Gasteiger partial charge in [-0.1, -0.05) is 40.0 Å². The molecule has 0 aliphatic heterocycles. The molecule has 0 amide bonds. The average Bonchev–Trinajstić information content (AvgIpc) is 2.38. The van der Waals surface area contributed by atoms with Crippen molar-refractivity contribution in [3.05, 3.63) is 0 Å². The number of ether oxygens (including phenoxy) is 1. The Balaban J connectivity index is 2.67. The summed E-state index contributed by atoms with van der Waals surface area (Å²) in [6.07, 6.45) is 6.88. The van der Waals surface area contributed by atoms with E-state index >= 15 is 0 Å². The Morgan fingerprint density at radius 2 is 2.00 bits per heavy atom. The summed E-state index contributed by atoms with van der Waals surface area (Å²) in [5.41, 5.74) is 3.06. The van der Waals surface area contributed by atoms with Gasteiger partial charge >= 0.3 is 0 Å². The minimum absolute atomic E-state index is 0.237. The molecule has 3 heteroatoms. The van der Waals surface area contributed by atoms with Crippen LogP contribution in [0.4, 0.5) is 0 Å². The van der Waals surface area contributed by atoms with Crippen LogP contribution in [0, 0.1) is 17.8 Å². The fourth-order valence-corrected chi connectivity index (χ4v) is 3.43. The lowest BCUT2D eigenvalue weighted by Gasteiger charge is -2.39. The number of hydrogen-bond donors (Lipinski definition) is 2. The molecular weight excluding hydrogens is 224 g/mol. The number of nitrogens with two attached hydrogens (primary N) is 1. The normalized spacial score (nSPS) is 28.3. The van der Waals surface area contributed by atoms with E-state index in [1.165, 1.54) is 32.1 Å². The molecule has 1 fully saturated rings. The summed E-state index contributed by atoms with van der Waals surface area (Å²) >= 11 is 0. The van der Waals surface area contributed by atoms with E-state index in [0.29, 0.717) is 17.9 Å². The van der Waals surface area contributed by atoms with Gasteiger partial charge in [0.25, 0.3) is 0 Å². The van der Waals surface area contributed by atoms with Gasteiger partial charge in [0.1, 0.15) is 0 Å².